The van der Waals surface area contributed by atoms with Crippen molar-refractivity contribution in [2.75, 3.05) is 23.3 Å². The maximum atomic E-state index is 4.36. The van der Waals surface area contributed by atoms with Gasteiger partial charge in [0, 0.05) is 30.0 Å². The Morgan fingerprint density at radius 3 is 2.69 bits per heavy atom. The highest BCUT2D eigenvalue weighted by Gasteiger charge is 2.08. The van der Waals surface area contributed by atoms with Gasteiger partial charge in [0.1, 0.15) is 5.82 Å². The van der Waals surface area contributed by atoms with Crippen molar-refractivity contribution in [2.24, 2.45) is 0 Å². The van der Waals surface area contributed by atoms with Crippen molar-refractivity contribution in [3.8, 4) is 0 Å². The minimum Gasteiger partial charge on any atom is -0.346 e. The number of aryl methyl sites for hydroxylation is 1. The number of nitrogens with zero attached hydrogens (tertiary/aromatic N) is 3. The third-order valence-corrected chi connectivity index (χ3v) is 2.86. The van der Waals surface area contributed by atoms with Crippen LogP contribution >= 0.6 is 27.5 Å². The zero-order valence-electron chi connectivity index (χ0n) is 7.96. The summed E-state index contributed by atoms with van der Waals surface area (Å²) < 4.78 is 4.18. The van der Waals surface area contributed by atoms with Gasteiger partial charge in [-0.2, -0.15) is 4.37 Å². The Bertz CT molecular complexity index is 245. The lowest BCUT2D eigenvalue weighted by atomic mass is 10.4. The summed E-state index contributed by atoms with van der Waals surface area (Å²) in [5.74, 6) is 0.871. The van der Waals surface area contributed by atoms with Crippen LogP contribution in [-0.2, 0) is 0 Å². The minimum atomic E-state index is 0.871. The van der Waals surface area contributed by atoms with Gasteiger partial charge < -0.3 is 4.90 Å². The molecule has 0 aliphatic carbocycles. The molecule has 0 amide bonds. The van der Waals surface area contributed by atoms with Gasteiger partial charge >= 0.3 is 0 Å². The molecule has 0 radical (unpaired) electrons. The predicted octanol–water partition coefficient (Wildman–Crippen LogP) is 2.46. The molecule has 0 atom stereocenters. The molecule has 74 valence electrons. The van der Waals surface area contributed by atoms with Gasteiger partial charge in [-0.05, 0) is 13.3 Å². The average molecular weight is 264 g/mol. The largest absolute Gasteiger partial charge is 0.346 e. The monoisotopic (exact) mass is 263 g/mol. The number of alkyl halides is 1. The third-order valence-electron chi connectivity index (χ3n) is 1.64. The highest BCUT2D eigenvalue weighted by Crippen LogP contribution is 2.16. The molecule has 0 bridgehead atoms. The summed E-state index contributed by atoms with van der Waals surface area (Å²) >= 11 is 4.92. The normalized spacial score (nSPS) is 10.4. The van der Waals surface area contributed by atoms with Crippen LogP contribution in [0.15, 0.2) is 0 Å². The van der Waals surface area contributed by atoms with Gasteiger partial charge in [-0.3, -0.25) is 0 Å². The van der Waals surface area contributed by atoms with Crippen LogP contribution in [0.3, 0.4) is 0 Å². The SMILES string of the molecule is CCCN(CCBr)c1nc(C)ns1. The first-order chi connectivity index (χ1) is 6.27. The molecule has 1 aromatic heterocycles. The second-order valence-electron chi connectivity index (χ2n) is 2.80. The van der Waals surface area contributed by atoms with E-state index in [9.17, 15) is 0 Å². The van der Waals surface area contributed by atoms with Crippen LogP contribution in [0, 0.1) is 6.92 Å². The van der Waals surface area contributed by atoms with Crippen LogP contribution < -0.4 is 4.90 Å². The molecular weight excluding hydrogens is 250 g/mol. The molecule has 1 rings (SSSR count). The van der Waals surface area contributed by atoms with E-state index in [0.717, 1.165) is 35.8 Å². The van der Waals surface area contributed by atoms with Crippen LogP contribution in [0.25, 0.3) is 0 Å². The van der Waals surface area contributed by atoms with Gasteiger partial charge in [0.15, 0.2) is 0 Å². The fraction of sp³-hybridized carbons (Fsp3) is 0.750. The summed E-state index contributed by atoms with van der Waals surface area (Å²) in [5.41, 5.74) is 0. The van der Waals surface area contributed by atoms with Crippen molar-refractivity contribution in [3.05, 3.63) is 5.82 Å². The summed E-state index contributed by atoms with van der Waals surface area (Å²) in [4.78, 5) is 6.62. The Kier molecular flexibility index (Phi) is 4.66. The van der Waals surface area contributed by atoms with Crippen molar-refractivity contribution < 1.29 is 0 Å². The van der Waals surface area contributed by atoms with E-state index >= 15 is 0 Å². The second kappa shape index (κ2) is 5.54. The zero-order valence-corrected chi connectivity index (χ0v) is 10.4. The number of hydrogen-bond acceptors (Lipinski definition) is 4. The molecule has 0 aliphatic heterocycles. The lowest BCUT2D eigenvalue weighted by molar-refractivity contribution is 0.792. The standard InChI is InChI=1S/C8H14BrN3S/c1-3-5-12(6-4-9)8-10-7(2)11-13-8/h3-6H2,1-2H3. The molecule has 3 nitrogen and oxygen atoms in total. The summed E-state index contributed by atoms with van der Waals surface area (Å²) in [5, 5.41) is 2.02. The molecule has 1 heterocycles. The van der Waals surface area contributed by atoms with Gasteiger partial charge in [0.05, 0.1) is 0 Å². The van der Waals surface area contributed by atoms with Crippen LogP contribution in [0.4, 0.5) is 5.13 Å². The molecule has 0 aromatic carbocycles. The Morgan fingerprint density at radius 2 is 2.23 bits per heavy atom. The van der Waals surface area contributed by atoms with E-state index in [1.165, 1.54) is 11.5 Å². The van der Waals surface area contributed by atoms with Crippen molar-refractivity contribution in [2.45, 2.75) is 20.3 Å². The number of halogens is 1. The Labute approximate surface area is 91.5 Å². The van der Waals surface area contributed by atoms with E-state index in [0.29, 0.717) is 0 Å². The number of rotatable bonds is 5. The third kappa shape index (κ3) is 3.23. The maximum Gasteiger partial charge on any atom is 0.205 e. The summed E-state index contributed by atoms with van der Waals surface area (Å²) in [6.45, 7) is 6.16. The smallest absolute Gasteiger partial charge is 0.205 e. The molecule has 0 unspecified atom stereocenters. The van der Waals surface area contributed by atoms with Crippen molar-refractivity contribution >= 4 is 32.6 Å². The Hall–Kier alpha value is -0.160. The summed E-state index contributed by atoms with van der Waals surface area (Å²) in [7, 11) is 0. The van der Waals surface area contributed by atoms with Gasteiger partial charge in [0.2, 0.25) is 5.13 Å². The van der Waals surface area contributed by atoms with Gasteiger partial charge in [-0.15, -0.1) is 0 Å². The van der Waals surface area contributed by atoms with E-state index in [4.69, 9.17) is 0 Å². The zero-order chi connectivity index (χ0) is 9.68. The highest BCUT2D eigenvalue weighted by molar-refractivity contribution is 9.09. The predicted molar refractivity (Wildman–Crippen MR) is 60.9 cm³/mol. The van der Waals surface area contributed by atoms with Crippen LogP contribution in [0.5, 0.6) is 0 Å². The quantitative estimate of drug-likeness (QED) is 0.765. The Balaban J connectivity index is 2.63. The first-order valence-electron chi connectivity index (χ1n) is 4.39. The molecular formula is C8H14BrN3S. The van der Waals surface area contributed by atoms with Crippen LogP contribution in [-0.4, -0.2) is 27.8 Å². The highest BCUT2D eigenvalue weighted by atomic mass is 79.9. The van der Waals surface area contributed by atoms with Crippen molar-refractivity contribution in [3.63, 3.8) is 0 Å². The van der Waals surface area contributed by atoms with Crippen molar-refractivity contribution in [1.29, 1.82) is 0 Å². The molecule has 13 heavy (non-hydrogen) atoms. The summed E-state index contributed by atoms with van der Waals surface area (Å²) in [6.07, 6.45) is 1.14. The molecule has 0 spiro atoms. The first-order valence-corrected chi connectivity index (χ1v) is 6.28. The fourth-order valence-electron chi connectivity index (χ4n) is 1.09. The molecule has 0 aliphatic rings. The van der Waals surface area contributed by atoms with E-state index in [1.54, 1.807) is 0 Å². The Morgan fingerprint density at radius 1 is 1.46 bits per heavy atom. The van der Waals surface area contributed by atoms with Crippen LogP contribution in [0.2, 0.25) is 0 Å². The van der Waals surface area contributed by atoms with E-state index in [-0.39, 0.29) is 0 Å². The number of anilines is 1. The molecule has 0 saturated heterocycles. The van der Waals surface area contributed by atoms with Crippen LogP contribution in [0.1, 0.15) is 19.2 Å². The first kappa shape index (κ1) is 10.9. The molecule has 1 aromatic rings. The molecule has 0 saturated carbocycles. The molecule has 5 heteroatoms. The second-order valence-corrected chi connectivity index (χ2v) is 4.32. The maximum absolute atomic E-state index is 4.36. The van der Waals surface area contributed by atoms with E-state index in [1.807, 2.05) is 6.92 Å². The lowest BCUT2D eigenvalue weighted by Crippen LogP contribution is -2.25. The van der Waals surface area contributed by atoms with E-state index < -0.39 is 0 Å². The molecule has 0 N–H and O–H groups in total. The number of hydrogen-bond donors (Lipinski definition) is 0. The lowest BCUT2D eigenvalue weighted by Gasteiger charge is -2.18. The summed E-state index contributed by atoms with van der Waals surface area (Å²) in [6, 6.07) is 0. The van der Waals surface area contributed by atoms with Gasteiger partial charge in [-0.25, -0.2) is 4.98 Å². The topological polar surface area (TPSA) is 29.0 Å². The van der Waals surface area contributed by atoms with Gasteiger partial charge in [-0.1, -0.05) is 22.9 Å². The van der Waals surface area contributed by atoms with Crippen molar-refractivity contribution in [1.82, 2.24) is 9.36 Å². The fourth-order valence-corrected chi connectivity index (χ4v) is 2.24. The van der Waals surface area contributed by atoms with Gasteiger partial charge in [0.25, 0.3) is 0 Å². The number of aromatic nitrogens is 2. The van der Waals surface area contributed by atoms with E-state index in [2.05, 4.69) is 37.1 Å². The minimum absolute atomic E-state index is 0.871. The average Bonchev–Trinajstić information content (AvgIpc) is 2.51. The molecule has 0 fully saturated rings.